The number of allylic oxidation sites excluding steroid dienone is 1. The van der Waals surface area contributed by atoms with Gasteiger partial charge < -0.3 is 4.74 Å². The minimum absolute atomic E-state index is 0.0292. The first-order chi connectivity index (χ1) is 8.01. The normalized spacial score (nSPS) is 40.6. The second-order valence-corrected chi connectivity index (χ2v) is 6.13. The number of carbonyl (C=O) groups is 1. The van der Waals surface area contributed by atoms with E-state index in [-0.39, 0.29) is 17.5 Å². The fraction of sp³-hybridized carbons (Fsp3) is 0.667. The van der Waals surface area contributed by atoms with Crippen LogP contribution in [-0.4, -0.2) is 12.1 Å². The van der Waals surface area contributed by atoms with E-state index in [1.807, 2.05) is 6.92 Å². The summed E-state index contributed by atoms with van der Waals surface area (Å²) in [4.78, 5) is 11.6. The maximum absolute atomic E-state index is 11.6. The van der Waals surface area contributed by atoms with Crippen LogP contribution in [0.3, 0.4) is 0 Å². The van der Waals surface area contributed by atoms with Crippen molar-refractivity contribution in [3.05, 3.63) is 22.8 Å². The van der Waals surface area contributed by atoms with Crippen LogP contribution in [0.4, 0.5) is 0 Å². The van der Waals surface area contributed by atoms with E-state index < -0.39 is 0 Å². The lowest BCUT2D eigenvalue weighted by Gasteiger charge is -2.44. The van der Waals surface area contributed by atoms with E-state index in [1.165, 1.54) is 19.3 Å². The number of hydrogen-bond acceptors (Lipinski definition) is 2. The van der Waals surface area contributed by atoms with Crippen LogP contribution in [0, 0.1) is 11.3 Å². The van der Waals surface area contributed by atoms with Crippen LogP contribution in [0.25, 0.3) is 0 Å². The lowest BCUT2D eigenvalue weighted by molar-refractivity contribution is -0.140. The Morgan fingerprint density at radius 2 is 2.24 bits per heavy atom. The van der Waals surface area contributed by atoms with Crippen molar-refractivity contribution in [2.75, 3.05) is 0 Å². The van der Waals surface area contributed by atoms with Gasteiger partial charge in [-0.1, -0.05) is 31.9 Å². The van der Waals surface area contributed by atoms with E-state index in [2.05, 4.69) is 19.9 Å². The van der Waals surface area contributed by atoms with Gasteiger partial charge in [0.05, 0.1) is 0 Å². The van der Waals surface area contributed by atoms with E-state index in [1.54, 1.807) is 5.57 Å². The molecule has 1 heterocycles. The summed E-state index contributed by atoms with van der Waals surface area (Å²) in [7, 11) is 0. The third-order valence-electron chi connectivity index (χ3n) is 4.88. The molecule has 0 saturated heterocycles. The van der Waals surface area contributed by atoms with Crippen molar-refractivity contribution in [1.82, 2.24) is 0 Å². The predicted octanol–water partition coefficient (Wildman–Crippen LogP) is 3.38. The molecule has 3 aliphatic rings. The molecule has 0 spiro atoms. The van der Waals surface area contributed by atoms with Crippen LogP contribution in [0.5, 0.6) is 0 Å². The molecular weight excluding hydrogens is 212 g/mol. The molecule has 3 rings (SSSR count). The number of rotatable bonds is 0. The van der Waals surface area contributed by atoms with Gasteiger partial charge in [0, 0.05) is 11.1 Å². The van der Waals surface area contributed by atoms with Gasteiger partial charge in [0.2, 0.25) is 0 Å². The first kappa shape index (κ1) is 11.1. The molecule has 3 atom stereocenters. The maximum Gasteiger partial charge on any atom is 0.334 e. The molecule has 92 valence electrons. The van der Waals surface area contributed by atoms with E-state index in [4.69, 9.17) is 4.74 Å². The summed E-state index contributed by atoms with van der Waals surface area (Å²) in [6, 6.07) is 0. The summed E-state index contributed by atoms with van der Waals surface area (Å²) in [5.74, 6) is 0.544. The van der Waals surface area contributed by atoms with Gasteiger partial charge in [0.25, 0.3) is 0 Å². The Morgan fingerprint density at radius 1 is 1.47 bits per heavy atom. The highest BCUT2D eigenvalue weighted by Gasteiger charge is 2.45. The minimum atomic E-state index is -0.114. The quantitative estimate of drug-likeness (QED) is 0.598. The van der Waals surface area contributed by atoms with Crippen LogP contribution in [0.15, 0.2) is 22.8 Å². The minimum Gasteiger partial charge on any atom is -0.454 e. The van der Waals surface area contributed by atoms with E-state index in [0.29, 0.717) is 5.92 Å². The highest BCUT2D eigenvalue weighted by Crippen LogP contribution is 2.52. The summed E-state index contributed by atoms with van der Waals surface area (Å²) < 4.78 is 5.47. The molecule has 2 heteroatoms. The van der Waals surface area contributed by atoms with Crippen LogP contribution < -0.4 is 0 Å². The summed E-state index contributed by atoms with van der Waals surface area (Å²) >= 11 is 0. The summed E-state index contributed by atoms with van der Waals surface area (Å²) in [6.45, 7) is 6.55. The molecule has 0 aromatic carbocycles. The van der Waals surface area contributed by atoms with Gasteiger partial charge in [-0.25, -0.2) is 4.79 Å². The largest absolute Gasteiger partial charge is 0.454 e. The molecule has 0 amide bonds. The van der Waals surface area contributed by atoms with Crippen LogP contribution >= 0.6 is 0 Å². The molecular formula is C15H20O2. The summed E-state index contributed by atoms with van der Waals surface area (Å²) in [5, 5.41) is 0. The number of carbonyl (C=O) groups excluding carboxylic acids is 1. The number of fused-ring (bicyclic) bond motifs is 2. The first-order valence-electron chi connectivity index (χ1n) is 6.65. The molecule has 0 unspecified atom stereocenters. The maximum atomic E-state index is 11.6. The van der Waals surface area contributed by atoms with Crippen LogP contribution in [-0.2, 0) is 9.53 Å². The molecule has 0 aromatic heterocycles. The lowest BCUT2D eigenvalue weighted by Crippen LogP contribution is -2.36. The highest BCUT2D eigenvalue weighted by atomic mass is 16.5. The fourth-order valence-corrected chi connectivity index (χ4v) is 3.80. The second kappa shape index (κ2) is 3.47. The Labute approximate surface area is 103 Å². The Bertz CT molecular complexity index is 444. The van der Waals surface area contributed by atoms with Crippen LogP contribution in [0.1, 0.15) is 46.5 Å². The standard InChI is InChI=1S/C15H20O2/c1-9-5-4-6-15(3)8-13-11(7-12(9)15)10(2)14(16)17-13/h7,9,13H,4-6,8H2,1-3H3/t9-,13+,15+/m0/s1. The first-order valence-corrected chi connectivity index (χ1v) is 6.65. The van der Waals surface area contributed by atoms with Gasteiger partial charge in [0.15, 0.2) is 0 Å². The smallest absolute Gasteiger partial charge is 0.334 e. The molecule has 1 saturated carbocycles. The average Bonchev–Trinajstić information content (AvgIpc) is 2.52. The van der Waals surface area contributed by atoms with Crippen LogP contribution in [0.2, 0.25) is 0 Å². The van der Waals surface area contributed by atoms with E-state index in [9.17, 15) is 4.79 Å². The molecule has 0 radical (unpaired) electrons. The Hall–Kier alpha value is -1.05. The molecule has 2 nitrogen and oxygen atoms in total. The van der Waals surface area contributed by atoms with Gasteiger partial charge in [-0.2, -0.15) is 0 Å². The van der Waals surface area contributed by atoms with Gasteiger partial charge in [0.1, 0.15) is 6.10 Å². The highest BCUT2D eigenvalue weighted by molar-refractivity contribution is 5.92. The summed E-state index contributed by atoms with van der Waals surface area (Å²) in [5.41, 5.74) is 3.78. The van der Waals surface area contributed by atoms with Gasteiger partial charge in [-0.15, -0.1) is 0 Å². The van der Waals surface area contributed by atoms with Gasteiger partial charge in [-0.05, 0) is 37.5 Å². The SMILES string of the molecule is CC1=C2C=C3[C@@H](C)CCC[C@]3(C)C[C@H]2OC1=O. The topological polar surface area (TPSA) is 26.3 Å². The predicted molar refractivity (Wildman–Crippen MR) is 66.4 cm³/mol. The average molecular weight is 232 g/mol. The second-order valence-electron chi connectivity index (χ2n) is 6.13. The molecule has 0 bridgehead atoms. The Morgan fingerprint density at radius 3 is 3.00 bits per heavy atom. The van der Waals surface area contributed by atoms with Crippen molar-refractivity contribution < 1.29 is 9.53 Å². The van der Waals surface area contributed by atoms with E-state index in [0.717, 1.165) is 17.6 Å². The van der Waals surface area contributed by atoms with Crippen molar-refractivity contribution in [2.45, 2.75) is 52.6 Å². The van der Waals surface area contributed by atoms with Crippen molar-refractivity contribution >= 4 is 5.97 Å². The zero-order chi connectivity index (χ0) is 12.2. The zero-order valence-electron chi connectivity index (χ0n) is 10.9. The number of hydrogen-bond donors (Lipinski definition) is 0. The Balaban J connectivity index is 2.08. The van der Waals surface area contributed by atoms with Gasteiger partial charge in [-0.3, -0.25) is 0 Å². The molecule has 17 heavy (non-hydrogen) atoms. The number of esters is 1. The van der Waals surface area contributed by atoms with Gasteiger partial charge >= 0.3 is 5.97 Å². The molecule has 1 aliphatic heterocycles. The van der Waals surface area contributed by atoms with E-state index >= 15 is 0 Å². The summed E-state index contributed by atoms with van der Waals surface area (Å²) in [6.07, 6.45) is 7.12. The number of ether oxygens (including phenoxy) is 1. The van der Waals surface area contributed by atoms with Crippen molar-refractivity contribution in [1.29, 1.82) is 0 Å². The van der Waals surface area contributed by atoms with Crippen molar-refractivity contribution in [3.8, 4) is 0 Å². The molecule has 0 N–H and O–H groups in total. The fourth-order valence-electron chi connectivity index (χ4n) is 3.80. The zero-order valence-corrected chi connectivity index (χ0v) is 10.9. The monoisotopic (exact) mass is 232 g/mol. The van der Waals surface area contributed by atoms with Crippen molar-refractivity contribution in [2.24, 2.45) is 11.3 Å². The third kappa shape index (κ3) is 1.50. The molecule has 0 aromatic rings. The molecule has 2 aliphatic carbocycles. The Kier molecular flexibility index (Phi) is 2.26. The molecule has 1 fully saturated rings. The lowest BCUT2D eigenvalue weighted by atomic mass is 9.61. The van der Waals surface area contributed by atoms with Crippen molar-refractivity contribution in [3.63, 3.8) is 0 Å². The third-order valence-corrected chi connectivity index (χ3v) is 4.88.